The molecule has 0 fully saturated rings. The maximum atomic E-state index is 11.6. The second-order valence-electron chi connectivity index (χ2n) is 5.15. The standard InChI is InChI=1S/C11H25N3O/c1-9(2)6-11(3,8-12)13-10(15)7-14(4)5/h9H,6-8,12H2,1-5H3,(H,13,15). The van der Waals surface area contributed by atoms with Crippen molar-refractivity contribution in [2.45, 2.75) is 32.7 Å². The number of nitrogens with two attached hydrogens (primary N) is 1. The molecule has 1 unspecified atom stereocenters. The highest BCUT2D eigenvalue weighted by Gasteiger charge is 2.25. The molecular weight excluding hydrogens is 190 g/mol. The fourth-order valence-corrected chi connectivity index (χ4v) is 1.75. The lowest BCUT2D eigenvalue weighted by Crippen LogP contribution is -2.54. The Morgan fingerprint density at radius 2 is 2.00 bits per heavy atom. The van der Waals surface area contributed by atoms with E-state index >= 15 is 0 Å². The van der Waals surface area contributed by atoms with Gasteiger partial charge in [-0.25, -0.2) is 0 Å². The van der Waals surface area contributed by atoms with Crippen LogP contribution in [0.4, 0.5) is 0 Å². The van der Waals surface area contributed by atoms with E-state index in [4.69, 9.17) is 5.73 Å². The van der Waals surface area contributed by atoms with E-state index < -0.39 is 0 Å². The van der Waals surface area contributed by atoms with Crippen molar-refractivity contribution in [2.24, 2.45) is 11.7 Å². The molecule has 0 heterocycles. The van der Waals surface area contributed by atoms with Crippen LogP contribution in [0, 0.1) is 5.92 Å². The predicted octanol–water partition coefficient (Wildman–Crippen LogP) is 0.428. The van der Waals surface area contributed by atoms with Gasteiger partial charge in [-0.15, -0.1) is 0 Å². The van der Waals surface area contributed by atoms with Crippen molar-refractivity contribution in [2.75, 3.05) is 27.2 Å². The van der Waals surface area contributed by atoms with E-state index in [0.717, 1.165) is 6.42 Å². The SMILES string of the molecule is CC(C)CC(C)(CN)NC(=O)CN(C)C. The maximum absolute atomic E-state index is 11.6. The van der Waals surface area contributed by atoms with Gasteiger partial charge < -0.3 is 16.0 Å². The van der Waals surface area contributed by atoms with Crippen LogP contribution in [0.15, 0.2) is 0 Å². The summed E-state index contributed by atoms with van der Waals surface area (Å²) in [6.45, 7) is 7.15. The Bertz CT molecular complexity index is 204. The summed E-state index contributed by atoms with van der Waals surface area (Å²) in [5.74, 6) is 0.562. The number of amides is 1. The first-order chi connectivity index (χ1) is 6.79. The molecule has 1 atom stereocenters. The van der Waals surface area contributed by atoms with Gasteiger partial charge in [-0.2, -0.15) is 0 Å². The molecule has 4 heteroatoms. The fraction of sp³-hybridized carbons (Fsp3) is 0.909. The second kappa shape index (κ2) is 6.08. The number of nitrogens with zero attached hydrogens (tertiary/aromatic N) is 1. The van der Waals surface area contributed by atoms with Gasteiger partial charge in [-0.1, -0.05) is 13.8 Å². The molecule has 15 heavy (non-hydrogen) atoms. The molecular formula is C11H25N3O. The Morgan fingerprint density at radius 1 is 1.47 bits per heavy atom. The summed E-state index contributed by atoms with van der Waals surface area (Å²) in [7, 11) is 3.75. The lowest BCUT2D eigenvalue weighted by molar-refractivity contribution is -0.123. The molecule has 0 aliphatic rings. The summed E-state index contributed by atoms with van der Waals surface area (Å²) in [5, 5.41) is 3.00. The number of likely N-dealkylation sites (N-methyl/N-ethyl adjacent to an activating group) is 1. The predicted molar refractivity (Wildman–Crippen MR) is 63.6 cm³/mol. The Kier molecular flexibility index (Phi) is 5.83. The largest absolute Gasteiger partial charge is 0.349 e. The van der Waals surface area contributed by atoms with Gasteiger partial charge in [0.15, 0.2) is 0 Å². The van der Waals surface area contributed by atoms with Crippen molar-refractivity contribution in [3.8, 4) is 0 Å². The van der Waals surface area contributed by atoms with Crippen LogP contribution in [0.5, 0.6) is 0 Å². The van der Waals surface area contributed by atoms with Gasteiger partial charge in [-0.05, 0) is 33.4 Å². The van der Waals surface area contributed by atoms with E-state index in [0.29, 0.717) is 19.0 Å². The van der Waals surface area contributed by atoms with E-state index in [-0.39, 0.29) is 11.4 Å². The lowest BCUT2D eigenvalue weighted by Gasteiger charge is -2.31. The summed E-state index contributed by atoms with van der Waals surface area (Å²) in [6.07, 6.45) is 0.905. The second-order valence-corrected chi connectivity index (χ2v) is 5.15. The van der Waals surface area contributed by atoms with Crippen molar-refractivity contribution in [1.29, 1.82) is 0 Å². The fourth-order valence-electron chi connectivity index (χ4n) is 1.75. The Morgan fingerprint density at radius 3 is 2.33 bits per heavy atom. The number of hydrogen-bond donors (Lipinski definition) is 2. The van der Waals surface area contributed by atoms with Gasteiger partial charge in [0.1, 0.15) is 0 Å². The number of hydrogen-bond acceptors (Lipinski definition) is 3. The smallest absolute Gasteiger partial charge is 0.234 e. The molecule has 0 aromatic rings. The molecule has 4 nitrogen and oxygen atoms in total. The number of rotatable bonds is 6. The molecule has 0 aliphatic carbocycles. The van der Waals surface area contributed by atoms with E-state index in [1.165, 1.54) is 0 Å². The van der Waals surface area contributed by atoms with Gasteiger partial charge in [0.25, 0.3) is 0 Å². The van der Waals surface area contributed by atoms with Crippen molar-refractivity contribution < 1.29 is 4.79 Å². The van der Waals surface area contributed by atoms with Crippen molar-refractivity contribution >= 4 is 5.91 Å². The van der Waals surface area contributed by atoms with Gasteiger partial charge in [-0.3, -0.25) is 4.79 Å². The third-order valence-corrected chi connectivity index (χ3v) is 2.21. The maximum Gasteiger partial charge on any atom is 0.234 e. The van der Waals surface area contributed by atoms with Crippen LogP contribution >= 0.6 is 0 Å². The van der Waals surface area contributed by atoms with Gasteiger partial charge in [0, 0.05) is 12.1 Å². The minimum Gasteiger partial charge on any atom is -0.349 e. The first-order valence-electron chi connectivity index (χ1n) is 5.45. The molecule has 3 N–H and O–H groups in total. The summed E-state index contributed by atoms with van der Waals surface area (Å²) < 4.78 is 0. The van der Waals surface area contributed by atoms with Crippen LogP contribution in [-0.2, 0) is 4.79 Å². The molecule has 0 rings (SSSR count). The summed E-state index contributed by atoms with van der Waals surface area (Å²) in [5.41, 5.74) is 5.43. The highest BCUT2D eigenvalue weighted by molar-refractivity contribution is 5.78. The van der Waals surface area contributed by atoms with Crippen LogP contribution in [0.2, 0.25) is 0 Å². The monoisotopic (exact) mass is 215 g/mol. The number of carbonyl (C=O) groups is 1. The number of carbonyl (C=O) groups excluding carboxylic acids is 1. The van der Waals surface area contributed by atoms with E-state index in [1.807, 2.05) is 25.9 Å². The van der Waals surface area contributed by atoms with Crippen LogP contribution in [0.1, 0.15) is 27.2 Å². The quantitative estimate of drug-likeness (QED) is 0.675. The molecule has 0 radical (unpaired) electrons. The normalized spacial score (nSPS) is 15.5. The highest BCUT2D eigenvalue weighted by atomic mass is 16.2. The zero-order chi connectivity index (χ0) is 12.1. The Balaban J connectivity index is 4.24. The molecule has 0 saturated carbocycles. The topological polar surface area (TPSA) is 58.4 Å². The minimum absolute atomic E-state index is 0.0357. The zero-order valence-corrected chi connectivity index (χ0v) is 10.6. The summed E-state index contributed by atoms with van der Waals surface area (Å²) in [4.78, 5) is 13.4. The lowest BCUT2D eigenvalue weighted by atomic mass is 9.91. The van der Waals surface area contributed by atoms with E-state index in [9.17, 15) is 4.79 Å². The zero-order valence-electron chi connectivity index (χ0n) is 10.6. The van der Waals surface area contributed by atoms with E-state index in [1.54, 1.807) is 0 Å². The summed E-state index contributed by atoms with van der Waals surface area (Å²) in [6, 6.07) is 0. The molecule has 0 bridgehead atoms. The first kappa shape index (κ1) is 14.4. The van der Waals surface area contributed by atoms with Crippen molar-refractivity contribution in [1.82, 2.24) is 10.2 Å². The third-order valence-electron chi connectivity index (χ3n) is 2.21. The van der Waals surface area contributed by atoms with Crippen LogP contribution in [0.3, 0.4) is 0 Å². The highest BCUT2D eigenvalue weighted by Crippen LogP contribution is 2.14. The van der Waals surface area contributed by atoms with Crippen LogP contribution in [0.25, 0.3) is 0 Å². The Labute approximate surface area is 93.2 Å². The first-order valence-corrected chi connectivity index (χ1v) is 5.45. The van der Waals surface area contributed by atoms with Crippen molar-refractivity contribution in [3.63, 3.8) is 0 Å². The average molecular weight is 215 g/mol. The minimum atomic E-state index is -0.277. The third kappa shape index (κ3) is 6.47. The molecule has 0 aliphatic heterocycles. The molecule has 0 saturated heterocycles. The molecule has 1 amide bonds. The molecule has 0 aromatic carbocycles. The van der Waals surface area contributed by atoms with Crippen LogP contribution in [-0.4, -0.2) is 43.5 Å². The van der Waals surface area contributed by atoms with Gasteiger partial charge in [0.2, 0.25) is 5.91 Å². The molecule has 0 spiro atoms. The van der Waals surface area contributed by atoms with Crippen LogP contribution < -0.4 is 11.1 Å². The Hall–Kier alpha value is -0.610. The average Bonchev–Trinajstić information content (AvgIpc) is 2.00. The molecule has 90 valence electrons. The van der Waals surface area contributed by atoms with E-state index in [2.05, 4.69) is 19.2 Å². The summed E-state index contributed by atoms with van der Waals surface area (Å²) >= 11 is 0. The van der Waals surface area contributed by atoms with Crippen molar-refractivity contribution in [3.05, 3.63) is 0 Å². The van der Waals surface area contributed by atoms with Gasteiger partial charge in [0.05, 0.1) is 6.54 Å². The number of nitrogens with one attached hydrogen (secondary N) is 1. The molecule has 0 aromatic heterocycles. The van der Waals surface area contributed by atoms with Gasteiger partial charge >= 0.3 is 0 Å².